The molecule has 3 atom stereocenters. The second-order valence-corrected chi connectivity index (χ2v) is 9.17. The van der Waals surface area contributed by atoms with E-state index in [1.807, 2.05) is 69.3 Å². The van der Waals surface area contributed by atoms with Gasteiger partial charge in [-0.05, 0) is 56.5 Å². The van der Waals surface area contributed by atoms with Gasteiger partial charge in [0, 0.05) is 5.41 Å². The normalized spacial score (nSPS) is 28.7. The number of carbonyl (C=O) groups excluding carboxylic acids is 2. The van der Waals surface area contributed by atoms with Gasteiger partial charge in [0.05, 0.1) is 25.4 Å². The molecular formula is C24H25NO5. The summed E-state index contributed by atoms with van der Waals surface area (Å²) >= 11 is 0. The second-order valence-electron chi connectivity index (χ2n) is 9.17. The molecule has 156 valence electrons. The fourth-order valence-electron chi connectivity index (χ4n) is 5.57. The highest BCUT2D eigenvalue weighted by Gasteiger charge is 2.89. The molecule has 30 heavy (non-hydrogen) atoms. The van der Waals surface area contributed by atoms with Gasteiger partial charge in [0.2, 0.25) is 0 Å². The van der Waals surface area contributed by atoms with Gasteiger partial charge in [-0.15, -0.1) is 0 Å². The number of methoxy groups -OCH3 is 1. The SMILES string of the molecule is COc1ccc2c(c1)[C@@]13CCOC(=O)[C@]1(c1ccccc1)[C@H]3N2C(=O)OC(C)(C)C. The minimum Gasteiger partial charge on any atom is -0.497 e. The summed E-state index contributed by atoms with van der Waals surface area (Å²) in [6.45, 7) is 5.84. The van der Waals surface area contributed by atoms with E-state index in [4.69, 9.17) is 14.2 Å². The Labute approximate surface area is 175 Å². The number of amides is 1. The molecule has 2 aromatic carbocycles. The highest BCUT2D eigenvalue weighted by atomic mass is 16.6. The molecule has 6 heteroatoms. The summed E-state index contributed by atoms with van der Waals surface area (Å²) < 4.78 is 16.8. The van der Waals surface area contributed by atoms with Crippen LogP contribution in [-0.2, 0) is 25.1 Å². The van der Waals surface area contributed by atoms with Gasteiger partial charge >= 0.3 is 12.1 Å². The van der Waals surface area contributed by atoms with E-state index in [0.717, 1.165) is 16.8 Å². The molecule has 1 amide bonds. The van der Waals surface area contributed by atoms with Crippen LogP contribution in [0.1, 0.15) is 38.3 Å². The molecule has 2 heterocycles. The average molecular weight is 407 g/mol. The van der Waals surface area contributed by atoms with Gasteiger partial charge in [-0.2, -0.15) is 0 Å². The van der Waals surface area contributed by atoms with Crippen LogP contribution in [0.15, 0.2) is 48.5 Å². The number of hydrogen-bond acceptors (Lipinski definition) is 5. The van der Waals surface area contributed by atoms with Gasteiger partial charge in [0.15, 0.2) is 0 Å². The monoisotopic (exact) mass is 407 g/mol. The Morgan fingerprint density at radius 1 is 1.17 bits per heavy atom. The summed E-state index contributed by atoms with van der Waals surface area (Å²) in [7, 11) is 1.62. The minimum atomic E-state index is -0.942. The lowest BCUT2D eigenvalue weighted by Crippen LogP contribution is -2.44. The molecule has 1 spiro atoms. The van der Waals surface area contributed by atoms with Gasteiger partial charge < -0.3 is 14.2 Å². The largest absolute Gasteiger partial charge is 0.497 e. The first-order valence-corrected chi connectivity index (χ1v) is 10.2. The number of carbonyl (C=O) groups is 2. The van der Waals surface area contributed by atoms with Crippen molar-refractivity contribution in [2.45, 2.75) is 49.7 Å². The first-order chi connectivity index (χ1) is 14.3. The minimum absolute atomic E-state index is 0.285. The summed E-state index contributed by atoms with van der Waals surface area (Å²) in [6, 6.07) is 14.9. The zero-order valence-electron chi connectivity index (χ0n) is 17.6. The predicted molar refractivity (Wildman–Crippen MR) is 111 cm³/mol. The van der Waals surface area contributed by atoms with Gasteiger partial charge in [-0.25, -0.2) is 4.79 Å². The molecular weight excluding hydrogens is 382 g/mol. The fourth-order valence-corrected chi connectivity index (χ4v) is 5.57. The third kappa shape index (κ3) is 2.19. The van der Waals surface area contributed by atoms with Crippen LogP contribution in [0.3, 0.4) is 0 Å². The van der Waals surface area contributed by atoms with E-state index < -0.39 is 22.5 Å². The lowest BCUT2D eigenvalue weighted by atomic mass is 9.77. The van der Waals surface area contributed by atoms with Crippen LogP contribution in [0.4, 0.5) is 10.5 Å². The zero-order chi connectivity index (χ0) is 21.3. The van der Waals surface area contributed by atoms with E-state index >= 15 is 0 Å². The molecule has 6 nitrogen and oxygen atoms in total. The van der Waals surface area contributed by atoms with E-state index in [9.17, 15) is 9.59 Å². The number of cyclic esters (lactones) is 1. The third-order valence-electron chi connectivity index (χ3n) is 6.57. The number of rotatable bonds is 2. The fraction of sp³-hybridized carbons (Fsp3) is 0.417. The predicted octanol–water partition coefficient (Wildman–Crippen LogP) is 3.96. The molecule has 3 aliphatic rings. The molecule has 0 bridgehead atoms. The molecule has 1 saturated carbocycles. The first kappa shape index (κ1) is 19.0. The summed E-state index contributed by atoms with van der Waals surface area (Å²) in [5, 5.41) is 0. The van der Waals surface area contributed by atoms with Crippen LogP contribution in [0.25, 0.3) is 0 Å². The molecule has 1 aliphatic carbocycles. The summed E-state index contributed by atoms with van der Waals surface area (Å²) in [5.74, 6) is 0.410. The Kier molecular flexibility index (Phi) is 3.79. The van der Waals surface area contributed by atoms with Crippen molar-refractivity contribution < 1.29 is 23.8 Å². The van der Waals surface area contributed by atoms with Crippen molar-refractivity contribution in [3.63, 3.8) is 0 Å². The van der Waals surface area contributed by atoms with Gasteiger partial charge in [-0.3, -0.25) is 9.69 Å². The highest BCUT2D eigenvalue weighted by Crippen LogP contribution is 2.76. The Hall–Kier alpha value is -3.02. The van der Waals surface area contributed by atoms with Crippen molar-refractivity contribution in [1.82, 2.24) is 0 Å². The number of esters is 1. The van der Waals surface area contributed by atoms with Gasteiger partial charge in [-0.1, -0.05) is 30.3 Å². The van der Waals surface area contributed by atoms with Crippen LogP contribution >= 0.6 is 0 Å². The standard InChI is InChI=1S/C24H25NO5/c1-22(2,3)30-21(27)25-18-11-10-16(28-4)14-17(18)23-12-13-29-20(26)24(23,19(23)25)15-8-6-5-7-9-15/h5-11,14,19H,12-13H2,1-4H3/t19-,23+,24-/m0/s1. The third-order valence-corrected chi connectivity index (χ3v) is 6.57. The molecule has 2 fully saturated rings. The van der Waals surface area contributed by atoms with Crippen molar-refractivity contribution in [3.8, 4) is 5.75 Å². The van der Waals surface area contributed by atoms with E-state index in [0.29, 0.717) is 18.8 Å². The molecule has 0 aromatic heterocycles. The summed E-state index contributed by atoms with van der Waals surface area (Å²) in [5.41, 5.74) is 0.434. The van der Waals surface area contributed by atoms with Crippen LogP contribution < -0.4 is 9.64 Å². The second kappa shape index (κ2) is 6.00. The Morgan fingerprint density at radius 3 is 2.57 bits per heavy atom. The Morgan fingerprint density at radius 2 is 1.90 bits per heavy atom. The summed E-state index contributed by atoms with van der Waals surface area (Å²) in [6.07, 6.45) is 0.186. The lowest BCUT2D eigenvalue weighted by molar-refractivity contribution is -0.151. The van der Waals surface area contributed by atoms with Crippen molar-refractivity contribution in [1.29, 1.82) is 0 Å². The van der Waals surface area contributed by atoms with Crippen molar-refractivity contribution >= 4 is 17.7 Å². The highest BCUT2D eigenvalue weighted by molar-refractivity contribution is 6.06. The quantitative estimate of drug-likeness (QED) is 0.705. The molecule has 5 rings (SSSR count). The maximum atomic E-state index is 13.4. The van der Waals surface area contributed by atoms with Crippen LogP contribution in [0, 0.1) is 0 Å². The number of hydrogen-bond donors (Lipinski definition) is 0. The Bertz CT molecular complexity index is 1040. The lowest BCUT2D eigenvalue weighted by Gasteiger charge is -2.33. The van der Waals surface area contributed by atoms with Gasteiger partial charge in [0.1, 0.15) is 16.8 Å². The van der Waals surface area contributed by atoms with Gasteiger partial charge in [0.25, 0.3) is 0 Å². The number of nitrogens with zero attached hydrogens (tertiary/aromatic N) is 1. The maximum Gasteiger partial charge on any atom is 0.415 e. The van der Waals surface area contributed by atoms with E-state index in [1.165, 1.54) is 0 Å². The van der Waals surface area contributed by atoms with Crippen molar-refractivity contribution in [3.05, 3.63) is 59.7 Å². The number of anilines is 1. The smallest absolute Gasteiger partial charge is 0.415 e. The van der Waals surface area contributed by atoms with Crippen LogP contribution in [-0.4, -0.2) is 37.4 Å². The van der Waals surface area contributed by atoms with Crippen molar-refractivity contribution in [2.75, 3.05) is 18.6 Å². The molecule has 0 unspecified atom stereocenters. The number of fused-ring (bicyclic) bond motifs is 2. The number of benzene rings is 2. The maximum absolute atomic E-state index is 13.4. The molecule has 0 radical (unpaired) electrons. The first-order valence-electron chi connectivity index (χ1n) is 10.2. The van der Waals surface area contributed by atoms with E-state index in [-0.39, 0.29) is 12.0 Å². The van der Waals surface area contributed by atoms with Crippen LogP contribution in [0.2, 0.25) is 0 Å². The Balaban J connectivity index is 1.74. The molecule has 2 aromatic rings. The average Bonchev–Trinajstić information content (AvgIpc) is 3.24. The topological polar surface area (TPSA) is 65.1 Å². The number of ether oxygens (including phenoxy) is 3. The van der Waals surface area contributed by atoms with Crippen LogP contribution in [0.5, 0.6) is 5.75 Å². The van der Waals surface area contributed by atoms with E-state index in [2.05, 4.69) is 0 Å². The van der Waals surface area contributed by atoms with Crippen molar-refractivity contribution in [2.24, 2.45) is 0 Å². The molecule has 1 saturated heterocycles. The molecule has 2 aliphatic heterocycles. The molecule has 0 N–H and O–H groups in total. The summed E-state index contributed by atoms with van der Waals surface area (Å²) in [4.78, 5) is 28.4. The zero-order valence-corrected chi connectivity index (χ0v) is 17.6. The van der Waals surface area contributed by atoms with E-state index in [1.54, 1.807) is 12.0 Å².